The SMILES string of the molecule is CCCn1c(-c2ccc(Cl)cc2Cl)csc1=Nc1ccccc1.[Cl-]. The van der Waals surface area contributed by atoms with Gasteiger partial charge in [0.05, 0.1) is 16.4 Å². The Hall–Kier alpha value is -1.26. The van der Waals surface area contributed by atoms with Crippen LogP contribution in [-0.2, 0) is 6.54 Å². The topological polar surface area (TPSA) is 17.3 Å². The van der Waals surface area contributed by atoms with Crippen molar-refractivity contribution < 1.29 is 12.4 Å². The van der Waals surface area contributed by atoms with Gasteiger partial charge in [-0.15, -0.1) is 11.3 Å². The highest BCUT2D eigenvalue weighted by molar-refractivity contribution is 7.07. The summed E-state index contributed by atoms with van der Waals surface area (Å²) in [6.45, 7) is 3.05. The molecule has 0 atom stereocenters. The lowest BCUT2D eigenvalue weighted by Crippen LogP contribution is -3.00. The average molecular weight is 399 g/mol. The molecule has 0 aliphatic heterocycles. The Morgan fingerprint density at radius 2 is 1.83 bits per heavy atom. The summed E-state index contributed by atoms with van der Waals surface area (Å²) in [5, 5.41) is 3.41. The third kappa shape index (κ3) is 4.22. The molecule has 0 radical (unpaired) electrons. The number of aromatic nitrogens is 1. The van der Waals surface area contributed by atoms with Gasteiger partial charge in [-0.3, -0.25) is 0 Å². The van der Waals surface area contributed by atoms with E-state index in [9.17, 15) is 0 Å². The predicted molar refractivity (Wildman–Crippen MR) is 99.7 cm³/mol. The molecule has 0 spiro atoms. The molecule has 0 N–H and O–H groups in total. The van der Waals surface area contributed by atoms with Crippen molar-refractivity contribution in [2.24, 2.45) is 4.99 Å². The Morgan fingerprint density at radius 3 is 2.50 bits per heavy atom. The Morgan fingerprint density at radius 1 is 1.08 bits per heavy atom. The van der Waals surface area contributed by atoms with Crippen LogP contribution in [0.1, 0.15) is 13.3 Å². The van der Waals surface area contributed by atoms with Crippen molar-refractivity contribution in [1.82, 2.24) is 4.57 Å². The van der Waals surface area contributed by atoms with Crippen molar-refractivity contribution in [3.63, 3.8) is 0 Å². The van der Waals surface area contributed by atoms with E-state index in [4.69, 9.17) is 28.2 Å². The standard InChI is InChI=1S/C18H16Cl2N2S.ClH/c1-2-10-22-17(15-9-8-13(19)11-16(15)20)12-23-18(22)21-14-6-4-3-5-7-14;/h3-9,11-12H,2,10H2,1H3;1H/p-1. The van der Waals surface area contributed by atoms with Crippen LogP contribution in [0.2, 0.25) is 10.0 Å². The molecule has 3 rings (SSSR count). The van der Waals surface area contributed by atoms with Crippen LogP contribution in [0.5, 0.6) is 0 Å². The molecule has 24 heavy (non-hydrogen) atoms. The highest BCUT2D eigenvalue weighted by atomic mass is 35.5. The van der Waals surface area contributed by atoms with Gasteiger partial charge in [0, 0.05) is 22.5 Å². The van der Waals surface area contributed by atoms with E-state index in [0.29, 0.717) is 10.0 Å². The lowest BCUT2D eigenvalue weighted by molar-refractivity contribution is -0.00000443. The van der Waals surface area contributed by atoms with Crippen LogP contribution < -0.4 is 17.2 Å². The summed E-state index contributed by atoms with van der Waals surface area (Å²) < 4.78 is 2.22. The molecule has 1 heterocycles. The van der Waals surface area contributed by atoms with Crippen molar-refractivity contribution in [1.29, 1.82) is 0 Å². The van der Waals surface area contributed by atoms with E-state index in [1.54, 1.807) is 17.4 Å². The zero-order chi connectivity index (χ0) is 16.2. The van der Waals surface area contributed by atoms with Crippen molar-refractivity contribution in [3.05, 3.63) is 68.8 Å². The molecule has 0 saturated heterocycles. The summed E-state index contributed by atoms with van der Waals surface area (Å²) in [7, 11) is 0. The molecule has 0 unspecified atom stereocenters. The summed E-state index contributed by atoms with van der Waals surface area (Å²) in [6, 6.07) is 15.6. The van der Waals surface area contributed by atoms with Crippen LogP contribution >= 0.6 is 34.5 Å². The maximum Gasteiger partial charge on any atom is 0.190 e. The minimum Gasteiger partial charge on any atom is -1.00 e. The second-order valence-corrected chi connectivity index (χ2v) is 6.81. The second kappa shape index (κ2) is 8.72. The second-order valence-electron chi connectivity index (χ2n) is 5.13. The fourth-order valence-corrected chi connectivity index (χ4v) is 3.84. The molecule has 0 aliphatic carbocycles. The van der Waals surface area contributed by atoms with E-state index in [1.165, 1.54) is 0 Å². The van der Waals surface area contributed by atoms with E-state index in [-0.39, 0.29) is 12.4 Å². The molecule has 6 heteroatoms. The Labute approximate surface area is 161 Å². The first-order valence-electron chi connectivity index (χ1n) is 7.42. The lowest BCUT2D eigenvalue weighted by Gasteiger charge is -2.09. The van der Waals surface area contributed by atoms with Gasteiger partial charge < -0.3 is 17.0 Å². The van der Waals surface area contributed by atoms with Gasteiger partial charge in [-0.05, 0) is 36.8 Å². The van der Waals surface area contributed by atoms with Crippen LogP contribution in [0.25, 0.3) is 11.3 Å². The van der Waals surface area contributed by atoms with E-state index in [0.717, 1.165) is 34.7 Å². The number of halogens is 3. The highest BCUT2D eigenvalue weighted by Gasteiger charge is 2.11. The van der Waals surface area contributed by atoms with Crippen molar-refractivity contribution in [2.45, 2.75) is 19.9 Å². The van der Waals surface area contributed by atoms with E-state index in [1.807, 2.05) is 42.5 Å². The maximum absolute atomic E-state index is 6.38. The lowest BCUT2D eigenvalue weighted by atomic mass is 10.1. The first-order chi connectivity index (χ1) is 11.2. The largest absolute Gasteiger partial charge is 1.00 e. The van der Waals surface area contributed by atoms with Crippen LogP contribution in [-0.4, -0.2) is 4.57 Å². The molecule has 126 valence electrons. The average Bonchev–Trinajstić information content (AvgIpc) is 2.92. The Bertz CT molecular complexity index is 869. The molecule has 0 saturated carbocycles. The quantitative estimate of drug-likeness (QED) is 0.642. The van der Waals surface area contributed by atoms with Crippen molar-refractivity contribution >= 4 is 40.2 Å². The van der Waals surface area contributed by atoms with Crippen LogP contribution in [0.4, 0.5) is 5.69 Å². The minimum absolute atomic E-state index is 0. The molecule has 2 nitrogen and oxygen atoms in total. The summed E-state index contributed by atoms with van der Waals surface area (Å²) in [5.41, 5.74) is 3.01. The molecule has 0 aliphatic rings. The number of nitrogens with zero attached hydrogens (tertiary/aromatic N) is 2. The molecule has 3 aromatic rings. The molecule has 1 aromatic heterocycles. The van der Waals surface area contributed by atoms with E-state index >= 15 is 0 Å². The first-order valence-corrected chi connectivity index (χ1v) is 9.06. The fourth-order valence-electron chi connectivity index (χ4n) is 2.38. The Kier molecular flexibility index (Phi) is 6.93. The predicted octanol–water partition coefficient (Wildman–Crippen LogP) is 3.17. The molecule has 0 amide bonds. The van der Waals surface area contributed by atoms with Crippen LogP contribution in [0.3, 0.4) is 0 Å². The highest BCUT2D eigenvalue weighted by Crippen LogP contribution is 2.31. The molecule has 0 bridgehead atoms. The number of hydrogen-bond acceptors (Lipinski definition) is 2. The number of rotatable bonds is 4. The maximum atomic E-state index is 6.38. The normalized spacial score (nSPS) is 11.4. The number of thiazole rings is 1. The van der Waals surface area contributed by atoms with Gasteiger partial charge in [0.15, 0.2) is 4.80 Å². The summed E-state index contributed by atoms with van der Waals surface area (Å²) in [5.74, 6) is 0. The third-order valence-corrected chi connectivity index (χ3v) is 4.84. The van der Waals surface area contributed by atoms with Crippen molar-refractivity contribution in [3.8, 4) is 11.3 Å². The van der Waals surface area contributed by atoms with Gasteiger partial charge in [0.25, 0.3) is 0 Å². The third-order valence-electron chi connectivity index (χ3n) is 3.43. The zero-order valence-electron chi connectivity index (χ0n) is 13.0. The number of para-hydroxylation sites is 1. The number of benzene rings is 2. The van der Waals surface area contributed by atoms with Gasteiger partial charge in [-0.2, -0.15) is 0 Å². The summed E-state index contributed by atoms with van der Waals surface area (Å²) >= 11 is 14.0. The van der Waals surface area contributed by atoms with Crippen LogP contribution in [0, 0.1) is 0 Å². The molecular formula is C18H16Cl3N2S-. The Balaban J connectivity index is 0.00000208. The van der Waals surface area contributed by atoms with E-state index in [2.05, 4.69) is 16.9 Å². The van der Waals surface area contributed by atoms with Gasteiger partial charge >= 0.3 is 0 Å². The van der Waals surface area contributed by atoms with Crippen molar-refractivity contribution in [2.75, 3.05) is 0 Å². The zero-order valence-corrected chi connectivity index (χ0v) is 16.1. The van der Waals surface area contributed by atoms with Gasteiger partial charge in [-0.1, -0.05) is 48.3 Å². The molecule has 0 fully saturated rings. The molecule has 2 aromatic carbocycles. The number of hydrogen-bond donors (Lipinski definition) is 0. The summed E-state index contributed by atoms with van der Waals surface area (Å²) in [6.07, 6.45) is 1.02. The fraction of sp³-hybridized carbons (Fsp3) is 0.167. The smallest absolute Gasteiger partial charge is 0.190 e. The summed E-state index contributed by atoms with van der Waals surface area (Å²) in [4.78, 5) is 5.74. The van der Waals surface area contributed by atoms with Gasteiger partial charge in [-0.25, -0.2) is 4.99 Å². The van der Waals surface area contributed by atoms with Crippen LogP contribution in [0.15, 0.2) is 58.9 Å². The monoisotopic (exact) mass is 397 g/mol. The first kappa shape index (κ1) is 19.1. The van der Waals surface area contributed by atoms with Gasteiger partial charge in [0.2, 0.25) is 0 Å². The van der Waals surface area contributed by atoms with Gasteiger partial charge in [0.1, 0.15) is 0 Å². The minimum atomic E-state index is 0. The molecular weight excluding hydrogens is 383 g/mol. The van der Waals surface area contributed by atoms with E-state index < -0.39 is 0 Å².